The van der Waals surface area contributed by atoms with Gasteiger partial charge in [-0.05, 0) is 37.8 Å². The van der Waals surface area contributed by atoms with Crippen LogP contribution in [0.15, 0.2) is 42.0 Å². The Morgan fingerprint density at radius 2 is 1.71 bits per heavy atom. The maximum atomic E-state index is 2.42. The summed E-state index contributed by atoms with van der Waals surface area (Å²) in [6.07, 6.45) is 13.5. The molecule has 0 aromatic heterocycles. The summed E-state index contributed by atoms with van der Waals surface area (Å²) in [5, 5.41) is 1.78. The molecule has 1 radical (unpaired) electrons. The third-order valence-electron chi connectivity index (χ3n) is 5.56. The highest BCUT2D eigenvalue weighted by atomic mass is 28.3. The first-order chi connectivity index (χ1) is 11.6. The molecular weight excluding hydrogens is 304 g/mol. The van der Waals surface area contributed by atoms with Gasteiger partial charge in [0.25, 0.3) is 0 Å². The maximum absolute atomic E-state index is 2.42. The minimum absolute atomic E-state index is 0.106. The van der Waals surface area contributed by atoms with Crippen LogP contribution in [0.4, 0.5) is 0 Å². The quantitative estimate of drug-likeness (QED) is 0.461. The normalized spacial score (nSPS) is 20.0. The predicted octanol–water partition coefficient (Wildman–Crippen LogP) is 6.32. The number of hydrogen-bond donors (Lipinski definition) is 0. The highest BCUT2D eigenvalue weighted by Gasteiger charge is 2.33. The van der Waals surface area contributed by atoms with E-state index in [1.54, 1.807) is 16.3 Å². The Bertz CT molecular complexity index is 590. The summed E-state index contributed by atoms with van der Waals surface area (Å²) in [5.74, 6) is 0. The molecule has 1 aromatic rings. The molecule has 1 aliphatic carbocycles. The van der Waals surface area contributed by atoms with Crippen LogP contribution in [0, 0.1) is 0 Å². The van der Waals surface area contributed by atoms with Crippen molar-refractivity contribution in [3.05, 3.63) is 53.1 Å². The van der Waals surface area contributed by atoms with E-state index < -0.39 is 8.80 Å². The first-order valence-corrected chi connectivity index (χ1v) is 11.8. The zero-order valence-electron chi connectivity index (χ0n) is 16.4. The second-order valence-electron chi connectivity index (χ2n) is 7.46. The SMILES string of the molecule is CCCCc1cccc(C2(C)C=CC=C2C)c1[Si](CCC)CCC. The van der Waals surface area contributed by atoms with Gasteiger partial charge in [0, 0.05) is 5.41 Å². The van der Waals surface area contributed by atoms with Crippen molar-refractivity contribution in [1.29, 1.82) is 0 Å². The van der Waals surface area contributed by atoms with Gasteiger partial charge in [0.05, 0.1) is 8.80 Å². The lowest BCUT2D eigenvalue weighted by Gasteiger charge is -2.32. The number of benzene rings is 1. The third-order valence-corrected chi connectivity index (χ3v) is 9.07. The molecule has 1 atom stereocenters. The largest absolute Gasteiger partial charge is 0.0864 e. The van der Waals surface area contributed by atoms with Gasteiger partial charge in [-0.25, -0.2) is 0 Å². The third kappa shape index (κ3) is 3.94. The molecule has 0 saturated carbocycles. The molecule has 2 rings (SSSR count). The molecule has 131 valence electrons. The Morgan fingerprint density at radius 1 is 1.00 bits per heavy atom. The Labute approximate surface area is 151 Å². The van der Waals surface area contributed by atoms with Crippen molar-refractivity contribution in [2.75, 3.05) is 0 Å². The van der Waals surface area contributed by atoms with Gasteiger partial charge in [0.2, 0.25) is 0 Å². The summed E-state index contributed by atoms with van der Waals surface area (Å²) in [6.45, 7) is 11.7. The van der Waals surface area contributed by atoms with E-state index in [0.29, 0.717) is 0 Å². The van der Waals surface area contributed by atoms with E-state index in [9.17, 15) is 0 Å². The molecule has 0 nitrogen and oxygen atoms in total. The van der Waals surface area contributed by atoms with Crippen LogP contribution in [-0.4, -0.2) is 8.80 Å². The summed E-state index contributed by atoms with van der Waals surface area (Å²) in [7, 11) is -0.472. The van der Waals surface area contributed by atoms with Gasteiger partial charge in [0.1, 0.15) is 0 Å². The fourth-order valence-electron chi connectivity index (χ4n) is 4.00. The minimum Gasteiger partial charge on any atom is -0.0702 e. The summed E-state index contributed by atoms with van der Waals surface area (Å²) in [6, 6.07) is 9.99. The zero-order chi connectivity index (χ0) is 17.6. The van der Waals surface area contributed by atoms with Crippen LogP contribution in [-0.2, 0) is 11.8 Å². The van der Waals surface area contributed by atoms with Gasteiger partial charge < -0.3 is 0 Å². The summed E-state index contributed by atoms with van der Waals surface area (Å²) in [5.41, 5.74) is 4.86. The van der Waals surface area contributed by atoms with Crippen molar-refractivity contribution in [2.24, 2.45) is 0 Å². The number of unbranched alkanes of at least 4 members (excludes halogenated alkanes) is 1. The monoisotopic (exact) mass is 339 g/mol. The number of allylic oxidation sites excluding steroid dienone is 4. The lowest BCUT2D eigenvalue weighted by Crippen LogP contribution is -2.40. The molecule has 1 aromatic carbocycles. The molecule has 0 aliphatic heterocycles. The van der Waals surface area contributed by atoms with Gasteiger partial charge in [-0.3, -0.25) is 0 Å². The van der Waals surface area contributed by atoms with Crippen molar-refractivity contribution in [3.63, 3.8) is 0 Å². The van der Waals surface area contributed by atoms with Gasteiger partial charge in [-0.2, -0.15) is 0 Å². The van der Waals surface area contributed by atoms with Crippen molar-refractivity contribution in [2.45, 2.75) is 84.2 Å². The first-order valence-electron chi connectivity index (χ1n) is 9.92. The molecule has 1 aliphatic rings. The average Bonchev–Trinajstić information content (AvgIpc) is 2.92. The fraction of sp³-hybridized carbons (Fsp3) is 0.565. The van der Waals surface area contributed by atoms with Crippen molar-refractivity contribution < 1.29 is 0 Å². The van der Waals surface area contributed by atoms with E-state index >= 15 is 0 Å². The average molecular weight is 340 g/mol. The van der Waals surface area contributed by atoms with Gasteiger partial charge in [0.15, 0.2) is 0 Å². The molecule has 0 fully saturated rings. The van der Waals surface area contributed by atoms with Crippen LogP contribution < -0.4 is 5.19 Å². The molecule has 0 bridgehead atoms. The molecular formula is C23H35Si. The van der Waals surface area contributed by atoms with Crippen molar-refractivity contribution in [1.82, 2.24) is 0 Å². The Balaban J connectivity index is 2.57. The van der Waals surface area contributed by atoms with Crippen molar-refractivity contribution in [3.8, 4) is 0 Å². The molecule has 24 heavy (non-hydrogen) atoms. The highest BCUT2D eigenvalue weighted by Crippen LogP contribution is 2.37. The number of rotatable bonds is 9. The minimum atomic E-state index is -0.472. The van der Waals surface area contributed by atoms with Gasteiger partial charge in [-0.1, -0.05) is 99.3 Å². The van der Waals surface area contributed by atoms with Crippen LogP contribution in [0.2, 0.25) is 12.1 Å². The summed E-state index contributed by atoms with van der Waals surface area (Å²) in [4.78, 5) is 0. The van der Waals surface area contributed by atoms with Crippen molar-refractivity contribution >= 4 is 14.0 Å². The number of hydrogen-bond acceptors (Lipinski definition) is 0. The van der Waals surface area contributed by atoms with E-state index in [1.807, 2.05) is 0 Å². The molecule has 0 N–H and O–H groups in total. The Kier molecular flexibility index (Phi) is 7.10. The van der Waals surface area contributed by atoms with E-state index in [2.05, 4.69) is 71.0 Å². The molecule has 0 spiro atoms. The van der Waals surface area contributed by atoms with Crippen LogP contribution in [0.3, 0.4) is 0 Å². The van der Waals surface area contributed by atoms with E-state index in [1.165, 1.54) is 49.8 Å². The lowest BCUT2D eigenvalue weighted by molar-refractivity contribution is 0.717. The molecule has 1 unspecified atom stereocenters. The van der Waals surface area contributed by atoms with Crippen LogP contribution >= 0.6 is 0 Å². The summed E-state index contributed by atoms with van der Waals surface area (Å²) >= 11 is 0. The summed E-state index contributed by atoms with van der Waals surface area (Å²) < 4.78 is 0. The lowest BCUT2D eigenvalue weighted by atomic mass is 9.78. The Morgan fingerprint density at radius 3 is 2.25 bits per heavy atom. The molecule has 0 heterocycles. The predicted molar refractivity (Wildman–Crippen MR) is 111 cm³/mol. The maximum Gasteiger partial charge on any atom is 0.0864 e. The van der Waals surface area contributed by atoms with E-state index in [-0.39, 0.29) is 5.41 Å². The second kappa shape index (κ2) is 8.85. The standard InChI is InChI=1S/C23H35Si/c1-6-9-13-20-14-10-15-21(23(5)16-11-12-19(23)4)22(20)24(17-7-2)18-8-3/h10-12,14-16H,6-9,13,17-18H2,1-5H3. The van der Waals surface area contributed by atoms with Crippen LogP contribution in [0.25, 0.3) is 0 Å². The van der Waals surface area contributed by atoms with Gasteiger partial charge in [-0.15, -0.1) is 0 Å². The molecule has 1 heteroatoms. The molecule has 0 saturated heterocycles. The smallest absolute Gasteiger partial charge is 0.0702 e. The first kappa shape index (κ1) is 19.2. The van der Waals surface area contributed by atoms with E-state index in [4.69, 9.17) is 0 Å². The second-order valence-corrected chi connectivity index (χ2v) is 10.2. The molecule has 0 amide bonds. The van der Waals surface area contributed by atoms with Crippen LogP contribution in [0.5, 0.6) is 0 Å². The highest BCUT2D eigenvalue weighted by molar-refractivity contribution is 6.74. The fourth-order valence-corrected chi connectivity index (χ4v) is 7.34. The van der Waals surface area contributed by atoms with Crippen LogP contribution in [0.1, 0.15) is 71.4 Å². The van der Waals surface area contributed by atoms with Gasteiger partial charge >= 0.3 is 0 Å². The Hall–Kier alpha value is -1.08. The zero-order valence-corrected chi connectivity index (χ0v) is 17.4. The topological polar surface area (TPSA) is 0 Å². The van der Waals surface area contributed by atoms with E-state index in [0.717, 1.165) is 0 Å². The number of aryl methyl sites for hydroxylation is 1.